The van der Waals surface area contributed by atoms with Gasteiger partial charge in [0.25, 0.3) is 0 Å². The first-order chi connectivity index (χ1) is 8.10. The number of methoxy groups -OCH3 is 1. The van der Waals surface area contributed by atoms with E-state index < -0.39 is 5.97 Å². The molecular weight excluding hydrogens is 220 g/mol. The van der Waals surface area contributed by atoms with Crippen molar-refractivity contribution in [1.29, 1.82) is 0 Å². The number of carboxylic acid groups (broad SMARTS) is 1. The zero-order chi connectivity index (χ0) is 12.4. The van der Waals surface area contributed by atoms with Gasteiger partial charge in [-0.1, -0.05) is 0 Å². The van der Waals surface area contributed by atoms with Crippen molar-refractivity contribution in [1.82, 2.24) is 0 Å². The Labute approximate surface area is 99.5 Å². The fraction of sp³-hybridized carbons (Fsp3) is 0.308. The van der Waals surface area contributed by atoms with Gasteiger partial charge in [-0.05, 0) is 31.2 Å². The molecule has 4 heteroatoms. The Kier molecular flexibility index (Phi) is 3.04. The Morgan fingerprint density at radius 3 is 3.00 bits per heavy atom. The molecule has 0 unspecified atom stereocenters. The van der Waals surface area contributed by atoms with E-state index in [0.717, 1.165) is 23.8 Å². The molecule has 0 saturated carbocycles. The number of hydrogen-bond donors (Lipinski definition) is 0. The Hall–Kier alpha value is -1.97. The highest BCUT2D eigenvalue weighted by molar-refractivity contribution is 5.84. The molecular formula is C13H13O4-. The molecule has 1 heterocycles. The van der Waals surface area contributed by atoms with Crippen LogP contribution in [0.2, 0.25) is 0 Å². The molecule has 1 aliphatic heterocycles. The van der Waals surface area contributed by atoms with Gasteiger partial charge in [0.1, 0.15) is 17.6 Å². The van der Waals surface area contributed by atoms with Crippen LogP contribution < -0.4 is 14.6 Å². The average molecular weight is 233 g/mol. The smallest absolute Gasteiger partial charge is 0.126 e. The molecule has 90 valence electrons. The third-order valence-corrected chi connectivity index (χ3v) is 2.65. The van der Waals surface area contributed by atoms with Crippen LogP contribution in [0.15, 0.2) is 18.2 Å². The number of carbonyl (C=O) groups excluding carboxylic acids is 1. The van der Waals surface area contributed by atoms with E-state index in [1.807, 2.05) is 13.0 Å². The number of rotatable bonds is 3. The van der Waals surface area contributed by atoms with Gasteiger partial charge in [-0.3, -0.25) is 0 Å². The van der Waals surface area contributed by atoms with Crippen LogP contribution in [0.1, 0.15) is 18.1 Å². The van der Waals surface area contributed by atoms with Crippen molar-refractivity contribution >= 4 is 12.0 Å². The Bertz CT molecular complexity index is 477. The van der Waals surface area contributed by atoms with E-state index in [1.54, 1.807) is 13.2 Å². The lowest BCUT2D eigenvalue weighted by atomic mass is 10.1. The first-order valence-electron chi connectivity index (χ1n) is 5.36. The van der Waals surface area contributed by atoms with Crippen molar-refractivity contribution in [2.45, 2.75) is 19.4 Å². The fourth-order valence-electron chi connectivity index (χ4n) is 1.92. The zero-order valence-corrected chi connectivity index (χ0v) is 9.73. The minimum atomic E-state index is -1.23. The van der Waals surface area contributed by atoms with Crippen LogP contribution in [0.5, 0.6) is 11.5 Å². The van der Waals surface area contributed by atoms with Gasteiger partial charge in [-0.15, -0.1) is 0 Å². The summed E-state index contributed by atoms with van der Waals surface area (Å²) < 4.78 is 10.8. The molecule has 1 atom stereocenters. The predicted molar refractivity (Wildman–Crippen MR) is 60.8 cm³/mol. The van der Waals surface area contributed by atoms with Gasteiger partial charge in [0.05, 0.1) is 13.1 Å². The van der Waals surface area contributed by atoms with Gasteiger partial charge in [0.15, 0.2) is 0 Å². The highest BCUT2D eigenvalue weighted by Crippen LogP contribution is 2.35. The molecule has 0 spiro atoms. The number of aliphatic carboxylic acids is 1. The Morgan fingerprint density at radius 1 is 1.59 bits per heavy atom. The Balaban J connectivity index is 2.39. The molecule has 4 nitrogen and oxygen atoms in total. The molecule has 1 aromatic carbocycles. The number of benzene rings is 1. The minimum absolute atomic E-state index is 0.148. The van der Waals surface area contributed by atoms with Crippen LogP contribution in [-0.4, -0.2) is 19.2 Å². The van der Waals surface area contributed by atoms with E-state index in [0.29, 0.717) is 11.3 Å². The lowest BCUT2D eigenvalue weighted by molar-refractivity contribution is -0.297. The maximum atomic E-state index is 10.4. The summed E-state index contributed by atoms with van der Waals surface area (Å²) in [6.07, 6.45) is 3.41. The number of fused-ring (bicyclic) bond motifs is 1. The topological polar surface area (TPSA) is 58.6 Å². The molecule has 0 aliphatic carbocycles. The molecule has 17 heavy (non-hydrogen) atoms. The SMILES string of the molecule is COc1cc2c(cc1/C=C/C(=O)[O-])O[C@@H](C)C2. The fourth-order valence-corrected chi connectivity index (χ4v) is 1.92. The summed E-state index contributed by atoms with van der Waals surface area (Å²) in [6.45, 7) is 1.99. The second kappa shape index (κ2) is 4.49. The lowest BCUT2D eigenvalue weighted by Gasteiger charge is -2.08. The van der Waals surface area contributed by atoms with Gasteiger partial charge in [-0.25, -0.2) is 0 Å². The molecule has 0 saturated heterocycles. The van der Waals surface area contributed by atoms with Crippen LogP contribution in [0.3, 0.4) is 0 Å². The van der Waals surface area contributed by atoms with Crippen LogP contribution in [-0.2, 0) is 11.2 Å². The normalized spacial score (nSPS) is 17.9. The quantitative estimate of drug-likeness (QED) is 0.724. The van der Waals surface area contributed by atoms with Crippen LogP contribution in [0, 0.1) is 0 Å². The molecule has 0 radical (unpaired) electrons. The molecule has 1 aromatic rings. The zero-order valence-electron chi connectivity index (χ0n) is 9.73. The second-order valence-electron chi connectivity index (χ2n) is 3.99. The maximum Gasteiger partial charge on any atom is 0.126 e. The lowest BCUT2D eigenvalue weighted by Crippen LogP contribution is -2.18. The van der Waals surface area contributed by atoms with Gasteiger partial charge in [0.2, 0.25) is 0 Å². The number of carboxylic acids is 1. The highest BCUT2D eigenvalue weighted by Gasteiger charge is 2.20. The van der Waals surface area contributed by atoms with Crippen LogP contribution in [0.25, 0.3) is 6.08 Å². The van der Waals surface area contributed by atoms with Crippen molar-refractivity contribution < 1.29 is 19.4 Å². The third-order valence-electron chi connectivity index (χ3n) is 2.65. The van der Waals surface area contributed by atoms with E-state index in [-0.39, 0.29) is 6.10 Å². The summed E-state index contributed by atoms with van der Waals surface area (Å²) in [5.41, 5.74) is 1.75. The van der Waals surface area contributed by atoms with Crippen LogP contribution >= 0.6 is 0 Å². The van der Waals surface area contributed by atoms with Gasteiger partial charge in [0, 0.05) is 17.5 Å². The monoisotopic (exact) mass is 233 g/mol. The minimum Gasteiger partial charge on any atom is -0.545 e. The van der Waals surface area contributed by atoms with E-state index in [4.69, 9.17) is 9.47 Å². The average Bonchev–Trinajstić information content (AvgIpc) is 2.63. The summed E-state index contributed by atoms with van der Waals surface area (Å²) >= 11 is 0. The number of ether oxygens (including phenoxy) is 2. The summed E-state index contributed by atoms with van der Waals surface area (Å²) in [5.74, 6) is 0.192. The molecule has 0 aromatic heterocycles. The van der Waals surface area contributed by atoms with E-state index in [2.05, 4.69) is 0 Å². The Morgan fingerprint density at radius 2 is 2.35 bits per heavy atom. The summed E-state index contributed by atoms with van der Waals surface area (Å²) in [5, 5.41) is 10.4. The molecule has 0 amide bonds. The van der Waals surface area contributed by atoms with Crippen molar-refractivity contribution in [3.8, 4) is 11.5 Å². The van der Waals surface area contributed by atoms with Gasteiger partial charge >= 0.3 is 0 Å². The van der Waals surface area contributed by atoms with E-state index in [1.165, 1.54) is 6.08 Å². The first kappa shape index (κ1) is 11.5. The standard InChI is InChI=1S/C13H14O4/c1-8-5-10-7-11(16-2)9(3-4-13(14)15)6-12(10)17-8/h3-4,6-8H,5H2,1-2H3,(H,14,15)/p-1/b4-3+/t8-/m0/s1. The number of carbonyl (C=O) groups is 1. The van der Waals surface area contributed by atoms with Gasteiger partial charge < -0.3 is 19.4 Å². The third kappa shape index (κ3) is 2.41. The van der Waals surface area contributed by atoms with Crippen LogP contribution in [0.4, 0.5) is 0 Å². The molecule has 0 fully saturated rings. The number of hydrogen-bond acceptors (Lipinski definition) is 4. The van der Waals surface area contributed by atoms with E-state index >= 15 is 0 Å². The van der Waals surface area contributed by atoms with Crippen molar-refractivity contribution in [2.24, 2.45) is 0 Å². The van der Waals surface area contributed by atoms with Gasteiger partial charge in [-0.2, -0.15) is 0 Å². The predicted octanol–water partition coefficient (Wildman–Crippen LogP) is 0.782. The molecule has 1 aliphatic rings. The maximum absolute atomic E-state index is 10.4. The summed E-state index contributed by atoms with van der Waals surface area (Å²) in [4.78, 5) is 10.4. The first-order valence-corrected chi connectivity index (χ1v) is 5.36. The molecule has 0 bridgehead atoms. The van der Waals surface area contributed by atoms with Crippen molar-refractivity contribution in [3.05, 3.63) is 29.3 Å². The van der Waals surface area contributed by atoms with Crippen molar-refractivity contribution in [3.63, 3.8) is 0 Å². The van der Waals surface area contributed by atoms with Crippen molar-refractivity contribution in [2.75, 3.05) is 7.11 Å². The highest BCUT2D eigenvalue weighted by atomic mass is 16.5. The largest absolute Gasteiger partial charge is 0.545 e. The second-order valence-corrected chi connectivity index (χ2v) is 3.99. The molecule has 0 N–H and O–H groups in total. The molecule has 2 rings (SSSR count). The van der Waals surface area contributed by atoms with E-state index in [9.17, 15) is 9.90 Å². The summed E-state index contributed by atoms with van der Waals surface area (Å²) in [6, 6.07) is 3.67. The summed E-state index contributed by atoms with van der Waals surface area (Å²) in [7, 11) is 1.55.